The molecule has 9 heavy (non-hydrogen) atoms. The quantitative estimate of drug-likeness (QED) is 0.541. The first-order valence-corrected chi connectivity index (χ1v) is 2.65. The fraction of sp³-hybridized carbons (Fsp3) is 0.143. The number of benzene rings is 1. The van der Waals surface area contributed by atoms with Crippen LogP contribution in [0, 0.1) is 5.82 Å². The van der Waals surface area contributed by atoms with E-state index in [1.807, 2.05) is 0 Å². The van der Waals surface area contributed by atoms with E-state index in [2.05, 4.69) is 0 Å². The molecule has 1 nitrogen and oxygen atoms in total. The molecule has 0 aliphatic carbocycles. The molecule has 2 heteroatoms. The average molecular weight is 125 g/mol. The molecule has 48 valence electrons. The molecule has 0 saturated heterocycles. The second-order valence-corrected chi connectivity index (χ2v) is 1.77. The highest BCUT2D eigenvalue weighted by atomic mass is 19.1. The molecule has 0 radical (unpaired) electrons. The second kappa shape index (κ2) is 2.60. The van der Waals surface area contributed by atoms with Crippen LogP contribution in [-0.4, -0.2) is 0 Å². The van der Waals surface area contributed by atoms with Crippen molar-refractivity contribution in [2.75, 3.05) is 0 Å². The van der Waals surface area contributed by atoms with Crippen LogP contribution in [-0.2, 0) is 6.61 Å². The van der Waals surface area contributed by atoms with Crippen molar-refractivity contribution in [3.8, 4) is 0 Å². The standard InChI is InChI=1S/C7H6FO/c8-7-3-1-2-6(4-7)5-9/h1-4H,5H2/q-1. The zero-order chi connectivity index (χ0) is 6.69. The Morgan fingerprint density at radius 2 is 2.22 bits per heavy atom. The van der Waals surface area contributed by atoms with Gasteiger partial charge < -0.3 is 5.11 Å². The number of rotatable bonds is 1. The summed E-state index contributed by atoms with van der Waals surface area (Å²) in [6, 6.07) is 5.70. The van der Waals surface area contributed by atoms with E-state index >= 15 is 0 Å². The summed E-state index contributed by atoms with van der Waals surface area (Å²) in [5.41, 5.74) is 0.495. The van der Waals surface area contributed by atoms with Crippen molar-refractivity contribution in [2.24, 2.45) is 0 Å². The fourth-order valence-corrected chi connectivity index (χ4v) is 0.627. The zero-order valence-corrected chi connectivity index (χ0v) is 4.80. The van der Waals surface area contributed by atoms with Crippen LogP contribution in [0.3, 0.4) is 0 Å². The Morgan fingerprint density at radius 3 is 2.67 bits per heavy atom. The molecule has 1 aromatic rings. The third-order valence-corrected chi connectivity index (χ3v) is 1.06. The maximum absolute atomic E-state index is 12.2. The molecule has 0 spiro atoms. The Bertz CT molecular complexity index is 198. The predicted molar refractivity (Wildman–Crippen MR) is 30.1 cm³/mol. The van der Waals surface area contributed by atoms with Crippen molar-refractivity contribution in [3.05, 3.63) is 35.6 Å². The van der Waals surface area contributed by atoms with E-state index < -0.39 is 0 Å². The largest absolute Gasteiger partial charge is 0.851 e. The van der Waals surface area contributed by atoms with Crippen LogP contribution in [0.4, 0.5) is 4.39 Å². The molecular weight excluding hydrogens is 119 g/mol. The molecule has 0 aliphatic heterocycles. The van der Waals surface area contributed by atoms with Crippen LogP contribution in [0.5, 0.6) is 0 Å². The highest BCUT2D eigenvalue weighted by Gasteiger charge is 1.86. The topological polar surface area (TPSA) is 23.1 Å². The monoisotopic (exact) mass is 125 g/mol. The molecule has 0 atom stereocenters. The Labute approximate surface area is 52.8 Å². The number of hydrogen-bond donors (Lipinski definition) is 0. The minimum absolute atomic E-state index is 0.344. The van der Waals surface area contributed by atoms with Gasteiger partial charge in [-0.3, -0.25) is 0 Å². The predicted octanol–water partition coefficient (Wildman–Crippen LogP) is 0.686. The highest BCUT2D eigenvalue weighted by Crippen LogP contribution is 2.00. The molecule has 0 saturated carbocycles. The molecule has 0 amide bonds. The van der Waals surface area contributed by atoms with Crippen molar-refractivity contribution >= 4 is 0 Å². The first-order valence-electron chi connectivity index (χ1n) is 2.65. The molecule has 0 unspecified atom stereocenters. The van der Waals surface area contributed by atoms with E-state index in [1.54, 1.807) is 6.07 Å². The molecule has 0 aromatic heterocycles. The van der Waals surface area contributed by atoms with Crippen molar-refractivity contribution in [1.29, 1.82) is 0 Å². The lowest BCUT2D eigenvalue weighted by Crippen LogP contribution is -2.01. The Kier molecular flexibility index (Phi) is 1.80. The molecule has 1 rings (SSSR count). The molecular formula is C7H6FO-. The lowest BCUT2D eigenvalue weighted by atomic mass is 10.2. The Hall–Kier alpha value is -0.890. The number of hydrogen-bond acceptors (Lipinski definition) is 1. The third-order valence-electron chi connectivity index (χ3n) is 1.06. The van der Waals surface area contributed by atoms with Gasteiger partial charge in [-0.15, -0.1) is 6.61 Å². The van der Waals surface area contributed by atoms with Gasteiger partial charge in [0.2, 0.25) is 0 Å². The summed E-state index contributed by atoms with van der Waals surface area (Å²) < 4.78 is 12.2. The van der Waals surface area contributed by atoms with Gasteiger partial charge >= 0.3 is 0 Å². The zero-order valence-electron chi connectivity index (χ0n) is 4.80. The molecule has 0 N–H and O–H groups in total. The molecule has 0 bridgehead atoms. The smallest absolute Gasteiger partial charge is 0.123 e. The van der Waals surface area contributed by atoms with E-state index in [9.17, 15) is 9.50 Å². The lowest BCUT2D eigenvalue weighted by molar-refractivity contribution is -0.386. The van der Waals surface area contributed by atoms with Crippen LogP contribution in [0.15, 0.2) is 24.3 Å². The second-order valence-electron chi connectivity index (χ2n) is 1.77. The van der Waals surface area contributed by atoms with Gasteiger partial charge in [-0.1, -0.05) is 17.7 Å². The van der Waals surface area contributed by atoms with Crippen molar-refractivity contribution in [3.63, 3.8) is 0 Å². The Balaban J connectivity index is 2.94. The van der Waals surface area contributed by atoms with Crippen LogP contribution in [0.25, 0.3) is 0 Å². The van der Waals surface area contributed by atoms with Gasteiger partial charge in [-0.2, -0.15) is 0 Å². The molecule has 0 heterocycles. The highest BCUT2D eigenvalue weighted by molar-refractivity contribution is 5.14. The van der Waals surface area contributed by atoms with Gasteiger partial charge in [-0.05, 0) is 12.1 Å². The molecule has 0 fully saturated rings. The van der Waals surface area contributed by atoms with Gasteiger partial charge in [0.25, 0.3) is 0 Å². The van der Waals surface area contributed by atoms with Crippen molar-refractivity contribution in [2.45, 2.75) is 6.61 Å². The minimum atomic E-state index is -0.349. The summed E-state index contributed by atoms with van der Waals surface area (Å²) in [6.07, 6.45) is 0. The summed E-state index contributed by atoms with van der Waals surface area (Å²) >= 11 is 0. The third kappa shape index (κ3) is 1.50. The Morgan fingerprint density at radius 1 is 1.44 bits per heavy atom. The van der Waals surface area contributed by atoms with Crippen LogP contribution >= 0.6 is 0 Å². The van der Waals surface area contributed by atoms with E-state index in [4.69, 9.17) is 0 Å². The first kappa shape index (κ1) is 6.23. The van der Waals surface area contributed by atoms with E-state index in [1.165, 1.54) is 18.2 Å². The van der Waals surface area contributed by atoms with Gasteiger partial charge in [0, 0.05) is 0 Å². The van der Waals surface area contributed by atoms with Crippen LogP contribution in [0.1, 0.15) is 5.56 Å². The summed E-state index contributed by atoms with van der Waals surface area (Å²) in [4.78, 5) is 0. The SMILES string of the molecule is [O-]Cc1cccc(F)c1. The molecule has 1 aromatic carbocycles. The van der Waals surface area contributed by atoms with Gasteiger partial charge in [0.1, 0.15) is 5.82 Å². The van der Waals surface area contributed by atoms with Crippen molar-refractivity contribution in [1.82, 2.24) is 0 Å². The van der Waals surface area contributed by atoms with Crippen LogP contribution < -0.4 is 5.11 Å². The van der Waals surface area contributed by atoms with Gasteiger partial charge in [0.05, 0.1) is 0 Å². The summed E-state index contributed by atoms with van der Waals surface area (Å²) in [7, 11) is 0. The summed E-state index contributed by atoms with van der Waals surface area (Å²) in [5.74, 6) is -0.344. The minimum Gasteiger partial charge on any atom is -0.851 e. The van der Waals surface area contributed by atoms with Crippen molar-refractivity contribution < 1.29 is 9.50 Å². The van der Waals surface area contributed by atoms with Crippen LogP contribution in [0.2, 0.25) is 0 Å². The first-order chi connectivity index (χ1) is 4.33. The maximum atomic E-state index is 12.2. The van der Waals surface area contributed by atoms with Gasteiger partial charge in [-0.25, -0.2) is 4.39 Å². The van der Waals surface area contributed by atoms with E-state index in [-0.39, 0.29) is 12.4 Å². The fourth-order valence-electron chi connectivity index (χ4n) is 0.627. The summed E-state index contributed by atoms with van der Waals surface area (Å²) in [5, 5.41) is 10.1. The summed E-state index contributed by atoms with van der Waals surface area (Å²) in [6.45, 7) is -0.349. The molecule has 0 aliphatic rings. The normalized spacial score (nSPS) is 9.56. The van der Waals surface area contributed by atoms with Gasteiger partial charge in [0.15, 0.2) is 0 Å². The van der Waals surface area contributed by atoms with E-state index in [0.29, 0.717) is 5.56 Å². The maximum Gasteiger partial charge on any atom is 0.123 e. The lowest BCUT2D eigenvalue weighted by Gasteiger charge is -2.01. The number of halogens is 1. The van der Waals surface area contributed by atoms with E-state index in [0.717, 1.165) is 0 Å². The average Bonchev–Trinajstić information content (AvgIpc) is 1.88.